The summed E-state index contributed by atoms with van der Waals surface area (Å²) in [5.41, 5.74) is 0. The zero-order valence-electron chi connectivity index (χ0n) is 21.5. The van der Waals surface area contributed by atoms with Gasteiger partial charge in [0, 0.05) is 26.8 Å². The second-order valence-electron chi connectivity index (χ2n) is 9.54. The maximum absolute atomic E-state index is 10.3. The Bertz CT molecular complexity index is 401. The lowest BCUT2D eigenvalue weighted by atomic mass is 10.0. The number of hydrogen-bond acceptors (Lipinski definition) is 7. The molecular weight excluding hydrogens is 422 g/mol. The van der Waals surface area contributed by atoms with Gasteiger partial charge in [0.05, 0.1) is 12.7 Å². The molecule has 0 aromatic rings. The van der Waals surface area contributed by atoms with Crippen LogP contribution in [-0.4, -0.2) is 94.8 Å². The molecule has 0 radical (unpaired) electrons. The van der Waals surface area contributed by atoms with Crippen LogP contribution in [0.3, 0.4) is 0 Å². The fraction of sp³-hybridized carbons (Fsp3) is 1.00. The predicted octanol–water partition coefficient (Wildman–Crippen LogP) is 3.24. The van der Waals surface area contributed by atoms with Crippen LogP contribution in [-0.2, 0) is 4.74 Å². The van der Waals surface area contributed by atoms with Crippen molar-refractivity contribution in [1.82, 2.24) is 4.90 Å². The second-order valence-corrected chi connectivity index (χ2v) is 9.54. The van der Waals surface area contributed by atoms with Crippen LogP contribution in [0, 0.1) is 0 Å². The molecule has 0 aromatic heterocycles. The van der Waals surface area contributed by atoms with Gasteiger partial charge in [0.25, 0.3) is 0 Å². The third-order valence-electron chi connectivity index (χ3n) is 6.42. The van der Waals surface area contributed by atoms with Gasteiger partial charge in [-0.3, -0.25) is 0 Å². The van der Waals surface area contributed by atoms with Gasteiger partial charge in [0.1, 0.15) is 18.3 Å². The molecule has 0 aliphatic rings. The van der Waals surface area contributed by atoms with Crippen LogP contribution in [0.25, 0.3) is 0 Å². The first-order valence-electron chi connectivity index (χ1n) is 13.5. The average Bonchev–Trinajstić information content (AvgIpc) is 2.82. The van der Waals surface area contributed by atoms with Gasteiger partial charge in [0.2, 0.25) is 0 Å². The van der Waals surface area contributed by atoms with Crippen molar-refractivity contribution >= 4 is 0 Å². The summed E-state index contributed by atoms with van der Waals surface area (Å²) in [5, 5.41) is 48.6. The SMILES string of the molecule is CCCCCCCCCCCCCCCCN(CCCOC)C[C@@H](O)[C@@H](O)[C@@H](O)[C@H](O)CO. The fourth-order valence-corrected chi connectivity index (χ4v) is 4.19. The van der Waals surface area contributed by atoms with E-state index in [9.17, 15) is 20.4 Å². The first kappa shape index (κ1) is 32.7. The highest BCUT2D eigenvalue weighted by Crippen LogP contribution is 2.14. The first-order valence-corrected chi connectivity index (χ1v) is 13.5. The minimum atomic E-state index is -1.58. The van der Waals surface area contributed by atoms with Crippen molar-refractivity contribution in [3.05, 3.63) is 0 Å². The van der Waals surface area contributed by atoms with Crippen LogP contribution in [0.5, 0.6) is 0 Å². The van der Waals surface area contributed by atoms with Gasteiger partial charge >= 0.3 is 0 Å². The molecule has 0 rings (SSSR count). The second kappa shape index (κ2) is 23.5. The van der Waals surface area contributed by atoms with E-state index in [0.29, 0.717) is 6.61 Å². The van der Waals surface area contributed by atoms with E-state index in [1.807, 2.05) is 0 Å². The number of methoxy groups -OCH3 is 1. The van der Waals surface area contributed by atoms with Gasteiger partial charge in [-0.05, 0) is 19.4 Å². The lowest BCUT2D eigenvalue weighted by Crippen LogP contribution is -2.50. The Hall–Kier alpha value is -0.280. The number of ether oxygens (including phenoxy) is 1. The van der Waals surface area contributed by atoms with Crippen molar-refractivity contribution in [2.45, 2.75) is 128 Å². The van der Waals surface area contributed by atoms with Crippen molar-refractivity contribution in [2.24, 2.45) is 0 Å². The van der Waals surface area contributed by atoms with Crippen LogP contribution in [0.1, 0.15) is 103 Å². The van der Waals surface area contributed by atoms with Crippen molar-refractivity contribution in [1.29, 1.82) is 0 Å². The van der Waals surface area contributed by atoms with E-state index in [0.717, 1.165) is 32.4 Å². The predicted molar refractivity (Wildman–Crippen MR) is 134 cm³/mol. The molecule has 7 heteroatoms. The van der Waals surface area contributed by atoms with Crippen LogP contribution < -0.4 is 0 Å². The van der Waals surface area contributed by atoms with Crippen LogP contribution in [0.4, 0.5) is 0 Å². The Morgan fingerprint density at radius 2 is 1.03 bits per heavy atom. The number of rotatable bonds is 25. The van der Waals surface area contributed by atoms with Crippen molar-refractivity contribution in [3.8, 4) is 0 Å². The lowest BCUT2D eigenvalue weighted by Gasteiger charge is -2.30. The summed E-state index contributed by atoms with van der Waals surface area (Å²) in [7, 11) is 1.66. The van der Waals surface area contributed by atoms with Gasteiger partial charge in [-0.25, -0.2) is 0 Å². The third kappa shape index (κ3) is 18.7. The maximum atomic E-state index is 10.3. The van der Waals surface area contributed by atoms with E-state index in [-0.39, 0.29) is 6.54 Å². The first-order chi connectivity index (χ1) is 16.0. The molecule has 0 saturated carbocycles. The Labute approximate surface area is 203 Å². The maximum Gasteiger partial charge on any atom is 0.111 e. The van der Waals surface area contributed by atoms with Crippen molar-refractivity contribution in [2.75, 3.05) is 40.0 Å². The van der Waals surface area contributed by atoms with E-state index < -0.39 is 31.0 Å². The van der Waals surface area contributed by atoms with Gasteiger partial charge in [0.15, 0.2) is 0 Å². The van der Waals surface area contributed by atoms with E-state index in [2.05, 4.69) is 11.8 Å². The normalized spacial score (nSPS) is 15.6. The van der Waals surface area contributed by atoms with Crippen LogP contribution in [0.15, 0.2) is 0 Å². The Kier molecular flexibility index (Phi) is 23.3. The summed E-state index contributed by atoms with van der Waals surface area (Å²) >= 11 is 0. The molecule has 0 bridgehead atoms. The van der Waals surface area contributed by atoms with E-state index in [4.69, 9.17) is 9.84 Å². The number of nitrogens with zero attached hydrogens (tertiary/aromatic N) is 1. The van der Waals surface area contributed by atoms with Crippen LogP contribution >= 0.6 is 0 Å². The molecule has 0 aromatic carbocycles. The fourth-order valence-electron chi connectivity index (χ4n) is 4.19. The molecule has 0 aliphatic heterocycles. The average molecular weight is 478 g/mol. The van der Waals surface area contributed by atoms with Gasteiger partial charge in [-0.15, -0.1) is 0 Å². The van der Waals surface area contributed by atoms with Crippen LogP contribution in [0.2, 0.25) is 0 Å². The number of hydrogen-bond donors (Lipinski definition) is 5. The molecule has 7 nitrogen and oxygen atoms in total. The number of unbranched alkanes of at least 4 members (excludes halogenated alkanes) is 13. The van der Waals surface area contributed by atoms with Crippen molar-refractivity contribution in [3.63, 3.8) is 0 Å². The summed E-state index contributed by atoms with van der Waals surface area (Å²) in [6.45, 7) is 3.97. The molecule has 0 fully saturated rings. The van der Waals surface area contributed by atoms with Gasteiger partial charge < -0.3 is 35.2 Å². The quantitative estimate of drug-likeness (QED) is 0.128. The lowest BCUT2D eigenvalue weighted by molar-refractivity contribution is -0.119. The molecule has 0 amide bonds. The molecule has 4 atom stereocenters. The summed E-state index contributed by atoms with van der Waals surface area (Å²) in [6.07, 6.45) is 13.4. The molecule has 5 N–H and O–H groups in total. The Balaban J connectivity index is 3.95. The smallest absolute Gasteiger partial charge is 0.111 e. The number of aliphatic hydroxyl groups is 5. The summed E-state index contributed by atoms with van der Waals surface area (Å²) in [5.74, 6) is 0. The molecule has 33 heavy (non-hydrogen) atoms. The zero-order chi connectivity index (χ0) is 24.7. The molecule has 0 saturated heterocycles. The molecule has 200 valence electrons. The third-order valence-corrected chi connectivity index (χ3v) is 6.42. The topological polar surface area (TPSA) is 114 Å². The highest BCUT2D eigenvalue weighted by Gasteiger charge is 2.30. The Morgan fingerprint density at radius 3 is 1.48 bits per heavy atom. The zero-order valence-corrected chi connectivity index (χ0v) is 21.5. The Morgan fingerprint density at radius 1 is 0.606 bits per heavy atom. The van der Waals surface area contributed by atoms with E-state index in [1.54, 1.807) is 7.11 Å². The summed E-state index contributed by atoms with van der Waals surface area (Å²) in [4.78, 5) is 2.07. The standard InChI is InChI=1S/C26H55NO6/c1-3-4-5-6-7-8-9-10-11-12-13-14-15-16-18-27(19-17-20-33-2)21-23(29)25(31)26(32)24(30)22-28/h23-26,28-32H,3-22H2,1-2H3/t23-,24-,25-,26+/m1/s1. The highest BCUT2D eigenvalue weighted by atomic mass is 16.5. The molecule has 0 aliphatic carbocycles. The van der Waals surface area contributed by atoms with Gasteiger partial charge in [-0.1, -0.05) is 90.4 Å². The molecular formula is C26H55NO6. The summed E-state index contributed by atoms with van der Waals surface area (Å²) in [6, 6.07) is 0. The molecule has 0 spiro atoms. The minimum Gasteiger partial charge on any atom is -0.394 e. The van der Waals surface area contributed by atoms with E-state index in [1.165, 1.54) is 77.0 Å². The monoisotopic (exact) mass is 477 g/mol. The number of aliphatic hydroxyl groups excluding tert-OH is 5. The molecule has 0 unspecified atom stereocenters. The largest absolute Gasteiger partial charge is 0.394 e. The van der Waals surface area contributed by atoms with E-state index >= 15 is 0 Å². The minimum absolute atomic E-state index is 0.207. The van der Waals surface area contributed by atoms with Crippen molar-refractivity contribution < 1.29 is 30.3 Å². The van der Waals surface area contributed by atoms with Gasteiger partial charge in [-0.2, -0.15) is 0 Å². The highest BCUT2D eigenvalue weighted by molar-refractivity contribution is 4.82. The molecule has 0 heterocycles. The summed E-state index contributed by atoms with van der Waals surface area (Å²) < 4.78 is 5.12.